The highest BCUT2D eigenvalue weighted by Gasteiger charge is 2.46. The van der Waals surface area contributed by atoms with Crippen molar-refractivity contribution in [2.75, 3.05) is 0 Å². The van der Waals surface area contributed by atoms with Crippen molar-refractivity contribution in [3.63, 3.8) is 0 Å². The molecule has 1 atom stereocenters. The minimum atomic E-state index is -3.55. The van der Waals surface area contributed by atoms with Crippen LogP contribution >= 0.6 is 7.14 Å². The molecule has 0 aromatic heterocycles. The summed E-state index contributed by atoms with van der Waals surface area (Å²) in [5.74, 6) is 0. The van der Waals surface area contributed by atoms with E-state index in [1.807, 2.05) is 12.1 Å². The van der Waals surface area contributed by atoms with Crippen molar-refractivity contribution in [2.24, 2.45) is 11.5 Å². The molecule has 2 aromatic rings. The second-order valence-electron chi connectivity index (χ2n) is 5.87. The average molecular weight is 338 g/mol. The molecule has 1 unspecified atom stereocenters. The van der Waals surface area contributed by atoms with Crippen molar-refractivity contribution in [1.82, 2.24) is 0 Å². The second kappa shape index (κ2) is 6.23. The van der Waals surface area contributed by atoms with Crippen LogP contribution in [0.5, 0.6) is 0 Å². The zero-order valence-corrected chi connectivity index (χ0v) is 14.0. The van der Waals surface area contributed by atoms with Gasteiger partial charge in [0, 0.05) is 16.3 Å². The number of hydrogen-bond acceptors (Lipinski definition) is 4. The summed E-state index contributed by atoms with van der Waals surface area (Å²) in [7, 11) is -3.55. The number of benzene rings is 2. The lowest BCUT2D eigenvalue weighted by atomic mass is 9.93. The van der Waals surface area contributed by atoms with Crippen LogP contribution in [-0.2, 0) is 9.36 Å². The molecule has 1 aliphatic carbocycles. The van der Waals surface area contributed by atoms with Gasteiger partial charge in [-0.05, 0) is 12.5 Å². The molecule has 0 saturated heterocycles. The third-order valence-corrected chi connectivity index (χ3v) is 7.21. The van der Waals surface area contributed by atoms with E-state index in [-0.39, 0.29) is 6.42 Å². The predicted molar refractivity (Wildman–Crippen MR) is 97.7 cm³/mol. The highest BCUT2D eigenvalue weighted by molar-refractivity contribution is 7.93. The third kappa shape index (κ3) is 2.75. The van der Waals surface area contributed by atoms with Crippen molar-refractivity contribution >= 4 is 23.3 Å². The van der Waals surface area contributed by atoms with Gasteiger partial charge in [0.15, 0.2) is 0 Å². The molecule has 1 aliphatic rings. The van der Waals surface area contributed by atoms with Crippen LogP contribution in [0.15, 0.2) is 84.6 Å². The summed E-state index contributed by atoms with van der Waals surface area (Å²) in [6.45, 7) is 0. The molecule has 0 fully saturated rings. The minimum Gasteiger partial charge on any atom is -0.399 e. The van der Waals surface area contributed by atoms with Gasteiger partial charge >= 0.3 is 0 Å². The molecule has 4 nitrogen and oxygen atoms in total. The molecule has 0 saturated carbocycles. The highest BCUT2D eigenvalue weighted by Crippen LogP contribution is 2.48. The Balaban J connectivity index is 2.15. The van der Waals surface area contributed by atoms with Gasteiger partial charge in [0.25, 0.3) is 0 Å². The summed E-state index contributed by atoms with van der Waals surface area (Å²) in [6.07, 6.45) is 5.08. The summed E-state index contributed by atoms with van der Waals surface area (Å²) in [6, 6.07) is 17.6. The second-order valence-corrected chi connectivity index (χ2v) is 8.52. The van der Waals surface area contributed by atoms with E-state index in [4.69, 9.17) is 11.5 Å². The molecule has 0 heterocycles. The Morgan fingerprint density at radius 1 is 0.958 bits per heavy atom. The minimum absolute atomic E-state index is 0.234. The Morgan fingerprint density at radius 3 is 1.88 bits per heavy atom. The first-order valence-electron chi connectivity index (χ1n) is 7.67. The Hall–Kier alpha value is -2.42. The molecular formula is C19H19N2O2P. The average Bonchev–Trinajstić information content (AvgIpc) is 2.64. The Morgan fingerprint density at radius 2 is 1.46 bits per heavy atom. The number of nitrogens with two attached hydrogens (primary N) is 2. The molecule has 4 N–H and O–H groups in total. The van der Waals surface area contributed by atoms with Crippen LogP contribution in [0.1, 0.15) is 6.42 Å². The molecule has 5 heteroatoms. The number of rotatable bonds is 4. The van der Waals surface area contributed by atoms with Crippen LogP contribution in [0.4, 0.5) is 0 Å². The highest BCUT2D eigenvalue weighted by atomic mass is 31.2. The van der Waals surface area contributed by atoms with Gasteiger partial charge < -0.3 is 16.0 Å². The quantitative estimate of drug-likeness (QED) is 0.835. The molecular weight excluding hydrogens is 319 g/mol. The smallest absolute Gasteiger partial charge is 0.224 e. The first-order valence-corrected chi connectivity index (χ1v) is 9.37. The van der Waals surface area contributed by atoms with Gasteiger partial charge in [0.2, 0.25) is 12.7 Å². The van der Waals surface area contributed by atoms with Crippen molar-refractivity contribution in [2.45, 2.75) is 12.0 Å². The van der Waals surface area contributed by atoms with E-state index in [1.165, 1.54) is 0 Å². The van der Waals surface area contributed by atoms with Crippen molar-refractivity contribution in [3.05, 3.63) is 84.6 Å². The molecule has 0 amide bonds. The maximum Gasteiger partial charge on any atom is 0.224 e. The Kier molecular flexibility index (Phi) is 4.27. The topological polar surface area (TPSA) is 86.2 Å². The fraction of sp³-hybridized carbons (Fsp3) is 0.105. The van der Waals surface area contributed by atoms with E-state index in [1.54, 1.807) is 66.8 Å². The molecule has 0 spiro atoms. The lowest BCUT2D eigenvalue weighted by molar-refractivity contribution is -0.115. The molecule has 0 aliphatic heterocycles. The zero-order valence-electron chi connectivity index (χ0n) is 13.1. The van der Waals surface area contributed by atoms with Crippen LogP contribution in [0, 0.1) is 0 Å². The Labute approximate surface area is 141 Å². The molecule has 2 aromatic carbocycles. The van der Waals surface area contributed by atoms with Crippen LogP contribution in [-0.4, -0.2) is 11.1 Å². The lowest BCUT2D eigenvalue weighted by Crippen LogP contribution is -2.49. The van der Waals surface area contributed by atoms with E-state index < -0.39 is 18.2 Å². The summed E-state index contributed by atoms with van der Waals surface area (Å²) < 4.78 is 14.0. The molecule has 122 valence electrons. The summed E-state index contributed by atoms with van der Waals surface area (Å²) in [5, 5.41) is 0.976. The van der Waals surface area contributed by atoms with Gasteiger partial charge in [-0.3, -0.25) is 4.79 Å². The normalized spacial score (nSPS) is 20.5. The fourth-order valence-corrected chi connectivity index (χ4v) is 5.48. The van der Waals surface area contributed by atoms with Crippen LogP contribution in [0.25, 0.3) is 0 Å². The van der Waals surface area contributed by atoms with E-state index >= 15 is 0 Å². The van der Waals surface area contributed by atoms with Gasteiger partial charge in [0.1, 0.15) is 5.54 Å². The maximum atomic E-state index is 14.0. The predicted octanol–water partition coefficient (Wildman–Crippen LogP) is 2.03. The third-order valence-electron chi connectivity index (χ3n) is 4.17. The SMILES string of the molecule is NC1=CCC(N)(C(=O)P(=O)(c2ccccc2)c2ccccc2)C=C1. The fourth-order valence-electron chi connectivity index (χ4n) is 2.78. The molecule has 3 rings (SSSR count). The van der Waals surface area contributed by atoms with Crippen molar-refractivity contribution in [3.8, 4) is 0 Å². The maximum absolute atomic E-state index is 14.0. The van der Waals surface area contributed by atoms with Gasteiger partial charge in [-0.1, -0.05) is 72.8 Å². The Bertz CT molecular complexity index is 816. The number of carbonyl (C=O) groups excluding carboxylic acids is 1. The van der Waals surface area contributed by atoms with Crippen LogP contribution < -0.4 is 22.1 Å². The number of allylic oxidation sites excluding steroid dienone is 1. The first kappa shape index (κ1) is 16.4. The largest absolute Gasteiger partial charge is 0.399 e. The monoisotopic (exact) mass is 338 g/mol. The lowest BCUT2D eigenvalue weighted by Gasteiger charge is -2.30. The first-order chi connectivity index (χ1) is 11.5. The number of hydrogen-bond donors (Lipinski definition) is 2. The van der Waals surface area contributed by atoms with E-state index in [9.17, 15) is 9.36 Å². The van der Waals surface area contributed by atoms with Gasteiger partial charge in [-0.2, -0.15) is 0 Å². The molecule has 0 radical (unpaired) electrons. The zero-order chi connectivity index (χ0) is 17.2. The van der Waals surface area contributed by atoms with Crippen LogP contribution in [0.2, 0.25) is 0 Å². The van der Waals surface area contributed by atoms with Crippen molar-refractivity contribution in [1.29, 1.82) is 0 Å². The van der Waals surface area contributed by atoms with E-state index in [0.717, 1.165) is 0 Å². The summed E-state index contributed by atoms with van der Waals surface area (Å²) in [5.41, 5.74) is 10.8. The van der Waals surface area contributed by atoms with Gasteiger partial charge in [-0.15, -0.1) is 0 Å². The molecule has 24 heavy (non-hydrogen) atoms. The molecule has 0 bridgehead atoms. The number of carbonyl (C=O) groups is 1. The summed E-state index contributed by atoms with van der Waals surface area (Å²) in [4.78, 5) is 13.3. The van der Waals surface area contributed by atoms with Gasteiger partial charge in [0.05, 0.1) is 0 Å². The van der Waals surface area contributed by atoms with E-state index in [0.29, 0.717) is 16.3 Å². The van der Waals surface area contributed by atoms with Crippen LogP contribution in [0.3, 0.4) is 0 Å². The standard InChI is InChI=1S/C19H19N2O2P/c20-15-11-13-19(21,14-12-15)18(22)24(23,16-7-3-1-4-8-16)17-9-5-2-6-10-17/h1-13H,14,20-21H2. The van der Waals surface area contributed by atoms with E-state index in [2.05, 4.69) is 0 Å². The van der Waals surface area contributed by atoms with Crippen molar-refractivity contribution < 1.29 is 9.36 Å². The van der Waals surface area contributed by atoms with Gasteiger partial charge in [-0.25, -0.2) is 0 Å². The summed E-state index contributed by atoms with van der Waals surface area (Å²) >= 11 is 0.